The zero-order valence-electron chi connectivity index (χ0n) is 11.9. The second-order valence-corrected chi connectivity index (χ2v) is 5.37. The summed E-state index contributed by atoms with van der Waals surface area (Å²) in [6, 6.07) is 9.21. The highest BCUT2D eigenvalue weighted by atomic mass is 16.5. The average molecular weight is 287 g/mol. The van der Waals surface area contributed by atoms with E-state index < -0.39 is 5.91 Å². The highest BCUT2D eigenvalue weighted by Crippen LogP contribution is 2.31. The Morgan fingerprint density at radius 1 is 1.29 bits per heavy atom. The fourth-order valence-electron chi connectivity index (χ4n) is 2.80. The standard InChI is InChI=1S/C16H21N3O2/c17-15(11-6-2-1-3-7-11)13(10-14(20)19-21)16(18)12-8-4-5-9-12/h1-3,6-7,12,17,21H,4-5,8-10,18H2,(H,19,20)/b16-13-,17-15?. The summed E-state index contributed by atoms with van der Waals surface area (Å²) in [6.07, 6.45) is 4.18. The van der Waals surface area contributed by atoms with Crippen molar-refractivity contribution in [1.82, 2.24) is 5.48 Å². The minimum absolute atomic E-state index is 0.0768. The van der Waals surface area contributed by atoms with Crippen molar-refractivity contribution < 1.29 is 10.0 Å². The predicted molar refractivity (Wildman–Crippen MR) is 81.0 cm³/mol. The first-order valence-corrected chi connectivity index (χ1v) is 7.19. The summed E-state index contributed by atoms with van der Waals surface area (Å²) in [7, 11) is 0. The summed E-state index contributed by atoms with van der Waals surface area (Å²) in [5.74, 6) is -0.317. The molecule has 0 aliphatic heterocycles. The third kappa shape index (κ3) is 3.70. The van der Waals surface area contributed by atoms with E-state index in [1.807, 2.05) is 30.3 Å². The van der Waals surface area contributed by atoms with Crippen LogP contribution < -0.4 is 11.2 Å². The fourth-order valence-corrected chi connectivity index (χ4v) is 2.80. The Kier molecular flexibility index (Phi) is 5.11. The van der Waals surface area contributed by atoms with Crippen LogP contribution in [-0.4, -0.2) is 16.8 Å². The van der Waals surface area contributed by atoms with Crippen LogP contribution in [0.15, 0.2) is 41.6 Å². The summed E-state index contributed by atoms with van der Waals surface area (Å²) in [4.78, 5) is 11.5. The lowest BCUT2D eigenvalue weighted by molar-refractivity contribution is -0.128. The highest BCUT2D eigenvalue weighted by molar-refractivity contribution is 6.13. The van der Waals surface area contributed by atoms with Gasteiger partial charge in [0.15, 0.2) is 0 Å². The Balaban J connectivity index is 2.33. The Labute approximate surface area is 124 Å². The molecule has 1 aromatic rings. The fraction of sp³-hybridized carbons (Fsp3) is 0.375. The van der Waals surface area contributed by atoms with E-state index in [0.29, 0.717) is 11.3 Å². The number of amides is 1. The van der Waals surface area contributed by atoms with E-state index in [1.54, 1.807) is 5.48 Å². The molecule has 0 atom stereocenters. The third-order valence-corrected chi connectivity index (χ3v) is 3.97. The monoisotopic (exact) mass is 287 g/mol. The van der Waals surface area contributed by atoms with Crippen molar-refractivity contribution in [3.05, 3.63) is 47.2 Å². The lowest BCUT2D eigenvalue weighted by Crippen LogP contribution is -2.25. The van der Waals surface area contributed by atoms with Crippen LogP contribution >= 0.6 is 0 Å². The van der Waals surface area contributed by atoms with E-state index in [9.17, 15) is 4.79 Å². The number of hydrogen-bond donors (Lipinski definition) is 4. The molecule has 5 nitrogen and oxygen atoms in total. The summed E-state index contributed by atoms with van der Waals surface area (Å²) in [6.45, 7) is 0. The maximum absolute atomic E-state index is 11.5. The molecular formula is C16H21N3O2. The van der Waals surface area contributed by atoms with Crippen molar-refractivity contribution in [2.45, 2.75) is 32.1 Å². The summed E-state index contributed by atoms with van der Waals surface area (Å²) in [5.41, 5.74) is 9.97. The predicted octanol–water partition coefficient (Wildman–Crippen LogP) is 2.35. The number of nitrogens with one attached hydrogen (secondary N) is 2. The summed E-state index contributed by atoms with van der Waals surface area (Å²) >= 11 is 0. The van der Waals surface area contributed by atoms with Crippen molar-refractivity contribution >= 4 is 11.6 Å². The zero-order valence-corrected chi connectivity index (χ0v) is 11.9. The molecule has 1 saturated carbocycles. The van der Waals surface area contributed by atoms with Gasteiger partial charge in [-0.25, -0.2) is 5.48 Å². The van der Waals surface area contributed by atoms with E-state index in [0.717, 1.165) is 31.2 Å². The number of carbonyl (C=O) groups is 1. The second-order valence-electron chi connectivity index (χ2n) is 5.37. The Bertz CT molecular complexity index is 546. The molecule has 0 saturated heterocycles. The van der Waals surface area contributed by atoms with Crippen LogP contribution in [0.4, 0.5) is 0 Å². The first kappa shape index (κ1) is 15.3. The van der Waals surface area contributed by atoms with E-state index in [2.05, 4.69) is 0 Å². The molecule has 2 rings (SSSR count). The van der Waals surface area contributed by atoms with Crippen LogP contribution in [-0.2, 0) is 4.79 Å². The van der Waals surface area contributed by atoms with Crippen LogP contribution in [0.5, 0.6) is 0 Å². The van der Waals surface area contributed by atoms with Gasteiger partial charge in [-0.1, -0.05) is 43.2 Å². The molecule has 0 heterocycles. The van der Waals surface area contributed by atoms with Gasteiger partial charge < -0.3 is 5.73 Å². The van der Waals surface area contributed by atoms with Crippen LogP contribution in [0.2, 0.25) is 0 Å². The van der Waals surface area contributed by atoms with Crippen molar-refractivity contribution in [3.63, 3.8) is 0 Å². The summed E-state index contributed by atoms with van der Waals surface area (Å²) in [5, 5.41) is 17.1. The minimum Gasteiger partial charge on any atom is -0.402 e. The minimum atomic E-state index is -0.549. The quantitative estimate of drug-likeness (QED) is 0.380. The van der Waals surface area contributed by atoms with Gasteiger partial charge in [-0.15, -0.1) is 0 Å². The second kappa shape index (κ2) is 7.04. The Hall–Kier alpha value is -2.14. The van der Waals surface area contributed by atoms with Crippen LogP contribution in [0.3, 0.4) is 0 Å². The maximum atomic E-state index is 11.5. The number of nitrogens with two attached hydrogens (primary N) is 1. The van der Waals surface area contributed by atoms with Crippen LogP contribution in [0.25, 0.3) is 0 Å². The molecule has 0 radical (unpaired) electrons. The highest BCUT2D eigenvalue weighted by Gasteiger charge is 2.23. The van der Waals surface area contributed by atoms with E-state index in [-0.39, 0.29) is 18.1 Å². The van der Waals surface area contributed by atoms with E-state index in [1.165, 1.54) is 0 Å². The summed E-state index contributed by atoms with van der Waals surface area (Å²) < 4.78 is 0. The van der Waals surface area contributed by atoms with Crippen molar-refractivity contribution in [2.75, 3.05) is 0 Å². The van der Waals surface area contributed by atoms with Gasteiger partial charge in [0.05, 0.1) is 12.1 Å². The molecule has 0 spiro atoms. The lowest BCUT2D eigenvalue weighted by atomic mass is 9.91. The number of carbonyl (C=O) groups excluding carboxylic acids is 1. The molecule has 1 aromatic carbocycles. The van der Waals surface area contributed by atoms with Gasteiger partial charge >= 0.3 is 0 Å². The van der Waals surface area contributed by atoms with Gasteiger partial charge in [0, 0.05) is 11.3 Å². The molecule has 1 aliphatic carbocycles. The van der Waals surface area contributed by atoms with Gasteiger partial charge in [-0.2, -0.15) is 0 Å². The zero-order chi connectivity index (χ0) is 15.2. The van der Waals surface area contributed by atoms with Crippen LogP contribution in [0, 0.1) is 11.3 Å². The normalized spacial score (nSPS) is 16.4. The van der Waals surface area contributed by atoms with Crippen molar-refractivity contribution in [1.29, 1.82) is 5.41 Å². The topological polar surface area (TPSA) is 99.2 Å². The lowest BCUT2D eigenvalue weighted by Gasteiger charge is -2.17. The SMILES string of the molecule is N=C(/C(CC(=O)NO)=C(\N)C1CCCC1)c1ccccc1. The molecule has 1 aliphatic rings. The molecule has 1 amide bonds. The third-order valence-electron chi connectivity index (χ3n) is 3.97. The van der Waals surface area contributed by atoms with Crippen molar-refractivity contribution in [3.8, 4) is 0 Å². The largest absolute Gasteiger partial charge is 0.402 e. The molecule has 112 valence electrons. The van der Waals surface area contributed by atoms with Gasteiger partial charge in [-0.3, -0.25) is 15.4 Å². The van der Waals surface area contributed by atoms with Gasteiger partial charge in [-0.05, 0) is 24.3 Å². The number of hydroxylamine groups is 1. The van der Waals surface area contributed by atoms with Gasteiger partial charge in [0.25, 0.3) is 0 Å². The Morgan fingerprint density at radius 2 is 1.90 bits per heavy atom. The van der Waals surface area contributed by atoms with Crippen LogP contribution in [0.1, 0.15) is 37.7 Å². The van der Waals surface area contributed by atoms with Gasteiger partial charge in [0.1, 0.15) is 0 Å². The smallest absolute Gasteiger partial charge is 0.247 e. The molecule has 5 N–H and O–H groups in total. The average Bonchev–Trinajstić information content (AvgIpc) is 3.06. The molecule has 0 unspecified atom stereocenters. The molecule has 5 heteroatoms. The first-order chi connectivity index (χ1) is 10.1. The van der Waals surface area contributed by atoms with E-state index >= 15 is 0 Å². The molecule has 1 fully saturated rings. The van der Waals surface area contributed by atoms with Crippen molar-refractivity contribution in [2.24, 2.45) is 11.7 Å². The molecule has 0 aromatic heterocycles. The van der Waals surface area contributed by atoms with Gasteiger partial charge in [0.2, 0.25) is 5.91 Å². The number of benzene rings is 1. The maximum Gasteiger partial charge on any atom is 0.247 e. The first-order valence-electron chi connectivity index (χ1n) is 7.19. The number of rotatable bonds is 5. The Morgan fingerprint density at radius 3 is 2.48 bits per heavy atom. The van der Waals surface area contributed by atoms with E-state index in [4.69, 9.17) is 16.4 Å². The molecule has 0 bridgehead atoms. The molecule has 21 heavy (non-hydrogen) atoms. The number of hydrogen-bond acceptors (Lipinski definition) is 4. The molecular weight excluding hydrogens is 266 g/mol. The number of allylic oxidation sites excluding steroid dienone is 1.